The van der Waals surface area contributed by atoms with Crippen LogP contribution in [-0.4, -0.2) is 44.5 Å². The molecule has 0 bridgehead atoms. The number of hydrogen-bond acceptors (Lipinski definition) is 3. The van der Waals surface area contributed by atoms with Crippen molar-refractivity contribution in [2.24, 2.45) is 23.0 Å². The summed E-state index contributed by atoms with van der Waals surface area (Å²) in [5.74, 6) is 1.08. The molecule has 0 aromatic heterocycles. The molecule has 0 spiro atoms. The second-order valence-electron chi connectivity index (χ2n) is 7.07. The second-order valence-corrected chi connectivity index (χ2v) is 7.07. The van der Waals surface area contributed by atoms with Crippen LogP contribution in [0.5, 0.6) is 0 Å². The maximum Gasteiger partial charge on any atom is 0.223 e. The molecule has 1 aliphatic carbocycles. The molecule has 19 heavy (non-hydrogen) atoms. The first-order chi connectivity index (χ1) is 8.84. The maximum absolute atomic E-state index is 12.2. The van der Waals surface area contributed by atoms with Gasteiger partial charge in [-0.25, -0.2) is 0 Å². The topological polar surface area (TPSA) is 58.4 Å². The molecule has 1 amide bonds. The number of hydrogen-bond donors (Lipinski definition) is 2. The number of nitrogens with one attached hydrogen (secondary N) is 1. The minimum atomic E-state index is 0.119. The normalized spacial score (nSPS) is 24.5. The van der Waals surface area contributed by atoms with Gasteiger partial charge in [-0.1, -0.05) is 13.8 Å². The molecule has 1 rings (SSSR count). The fraction of sp³-hybridized carbons (Fsp3) is 0.933. The molecule has 1 fully saturated rings. The van der Waals surface area contributed by atoms with Crippen LogP contribution in [0, 0.1) is 17.3 Å². The number of carbonyl (C=O) groups is 1. The molecule has 1 saturated carbocycles. The Bertz CT molecular complexity index is 281. The fourth-order valence-corrected chi connectivity index (χ4v) is 3.04. The zero-order valence-corrected chi connectivity index (χ0v) is 13.0. The lowest BCUT2D eigenvalue weighted by atomic mass is 9.81. The summed E-state index contributed by atoms with van der Waals surface area (Å²) in [5, 5.41) is 3.13. The lowest BCUT2D eigenvalue weighted by Gasteiger charge is -2.31. The largest absolute Gasteiger partial charge is 0.355 e. The molecule has 0 radical (unpaired) electrons. The quantitative estimate of drug-likeness (QED) is 0.767. The van der Waals surface area contributed by atoms with Crippen LogP contribution >= 0.6 is 0 Å². The van der Waals surface area contributed by atoms with Crippen LogP contribution in [-0.2, 0) is 4.79 Å². The summed E-state index contributed by atoms with van der Waals surface area (Å²) < 4.78 is 0. The summed E-state index contributed by atoms with van der Waals surface area (Å²) in [6.07, 6.45) is 4.22. The molecule has 0 atom stereocenters. The van der Waals surface area contributed by atoms with E-state index in [1.807, 2.05) is 0 Å². The first-order valence-corrected chi connectivity index (χ1v) is 7.46. The Balaban J connectivity index is 2.32. The van der Waals surface area contributed by atoms with Crippen LogP contribution in [0.2, 0.25) is 0 Å². The highest BCUT2D eigenvalue weighted by Crippen LogP contribution is 2.28. The molecule has 0 unspecified atom stereocenters. The van der Waals surface area contributed by atoms with E-state index in [2.05, 4.69) is 38.2 Å². The highest BCUT2D eigenvalue weighted by atomic mass is 16.1. The lowest BCUT2D eigenvalue weighted by molar-refractivity contribution is -0.126. The Kier molecular flexibility index (Phi) is 6.27. The van der Waals surface area contributed by atoms with Crippen LogP contribution in [0.3, 0.4) is 0 Å². The standard InChI is InChI=1S/C15H31N3O/c1-15(2,11-18(3)4)10-17-14(19)13-7-5-12(9-16)6-8-13/h12-13H,5-11,16H2,1-4H3,(H,17,19). The van der Waals surface area contributed by atoms with E-state index in [0.717, 1.165) is 45.3 Å². The van der Waals surface area contributed by atoms with Crippen molar-refractivity contribution < 1.29 is 4.79 Å². The number of amides is 1. The summed E-state index contributed by atoms with van der Waals surface area (Å²) in [5.41, 5.74) is 5.80. The van der Waals surface area contributed by atoms with Gasteiger partial charge < -0.3 is 16.0 Å². The summed E-state index contributed by atoms with van der Waals surface area (Å²) >= 11 is 0. The van der Waals surface area contributed by atoms with Gasteiger partial charge in [-0.05, 0) is 57.7 Å². The molecule has 3 N–H and O–H groups in total. The zero-order valence-electron chi connectivity index (χ0n) is 13.0. The van der Waals surface area contributed by atoms with Gasteiger partial charge in [0.15, 0.2) is 0 Å². The van der Waals surface area contributed by atoms with E-state index in [-0.39, 0.29) is 17.2 Å². The van der Waals surface area contributed by atoms with Crippen LogP contribution in [0.25, 0.3) is 0 Å². The molecular formula is C15H31N3O. The van der Waals surface area contributed by atoms with E-state index in [1.165, 1.54) is 0 Å². The van der Waals surface area contributed by atoms with Crippen molar-refractivity contribution in [3.63, 3.8) is 0 Å². The smallest absolute Gasteiger partial charge is 0.223 e. The molecule has 0 saturated heterocycles. The van der Waals surface area contributed by atoms with Crippen molar-refractivity contribution in [2.75, 3.05) is 33.7 Å². The summed E-state index contributed by atoms with van der Waals surface area (Å²) in [6.45, 7) is 6.88. The molecule has 0 aromatic carbocycles. The van der Waals surface area contributed by atoms with Crippen molar-refractivity contribution in [3.05, 3.63) is 0 Å². The van der Waals surface area contributed by atoms with E-state index >= 15 is 0 Å². The van der Waals surface area contributed by atoms with Crippen LogP contribution in [0.4, 0.5) is 0 Å². The Hall–Kier alpha value is -0.610. The molecule has 0 aliphatic heterocycles. The van der Waals surface area contributed by atoms with Crippen molar-refractivity contribution in [1.29, 1.82) is 0 Å². The number of rotatable bonds is 6. The molecule has 112 valence electrons. The predicted molar refractivity (Wildman–Crippen MR) is 79.8 cm³/mol. The van der Waals surface area contributed by atoms with Gasteiger partial charge in [0.05, 0.1) is 0 Å². The van der Waals surface area contributed by atoms with Gasteiger partial charge in [-0.15, -0.1) is 0 Å². The Morgan fingerprint density at radius 3 is 2.32 bits per heavy atom. The minimum Gasteiger partial charge on any atom is -0.355 e. The molecule has 0 heterocycles. The number of nitrogens with two attached hydrogens (primary N) is 1. The maximum atomic E-state index is 12.2. The molecule has 1 aliphatic rings. The van der Waals surface area contributed by atoms with E-state index in [4.69, 9.17) is 5.73 Å². The zero-order chi connectivity index (χ0) is 14.5. The number of carbonyl (C=O) groups excluding carboxylic acids is 1. The van der Waals surface area contributed by atoms with E-state index in [9.17, 15) is 4.79 Å². The molecule has 0 aromatic rings. The lowest BCUT2D eigenvalue weighted by Crippen LogP contribution is -2.42. The van der Waals surface area contributed by atoms with Gasteiger partial charge in [0.1, 0.15) is 0 Å². The Morgan fingerprint density at radius 2 is 1.84 bits per heavy atom. The van der Waals surface area contributed by atoms with Crippen LogP contribution in [0.15, 0.2) is 0 Å². The van der Waals surface area contributed by atoms with Crippen molar-refractivity contribution in [1.82, 2.24) is 10.2 Å². The monoisotopic (exact) mass is 269 g/mol. The highest BCUT2D eigenvalue weighted by Gasteiger charge is 2.27. The highest BCUT2D eigenvalue weighted by molar-refractivity contribution is 5.78. The third-order valence-electron chi connectivity index (χ3n) is 4.04. The van der Waals surface area contributed by atoms with Crippen LogP contribution in [0.1, 0.15) is 39.5 Å². The number of nitrogens with zero attached hydrogens (tertiary/aromatic N) is 1. The SMILES string of the molecule is CN(C)CC(C)(C)CNC(=O)C1CCC(CN)CC1. The van der Waals surface area contributed by atoms with E-state index in [1.54, 1.807) is 0 Å². The van der Waals surface area contributed by atoms with Gasteiger partial charge in [-0.2, -0.15) is 0 Å². The summed E-state index contributed by atoms with van der Waals surface area (Å²) in [4.78, 5) is 14.3. The van der Waals surface area contributed by atoms with Gasteiger partial charge in [0.2, 0.25) is 5.91 Å². The first kappa shape index (κ1) is 16.4. The minimum absolute atomic E-state index is 0.119. The third-order valence-corrected chi connectivity index (χ3v) is 4.04. The van der Waals surface area contributed by atoms with E-state index < -0.39 is 0 Å². The Morgan fingerprint density at radius 1 is 1.26 bits per heavy atom. The van der Waals surface area contributed by atoms with Gasteiger partial charge in [0, 0.05) is 19.0 Å². The second kappa shape index (κ2) is 7.25. The predicted octanol–water partition coefficient (Wildman–Crippen LogP) is 1.46. The molecule has 4 heteroatoms. The average molecular weight is 269 g/mol. The van der Waals surface area contributed by atoms with Crippen molar-refractivity contribution in [2.45, 2.75) is 39.5 Å². The van der Waals surface area contributed by atoms with Crippen molar-refractivity contribution in [3.8, 4) is 0 Å². The summed E-state index contributed by atoms with van der Waals surface area (Å²) in [7, 11) is 4.13. The Labute approximate surface area is 118 Å². The van der Waals surface area contributed by atoms with Crippen LogP contribution < -0.4 is 11.1 Å². The third kappa shape index (κ3) is 5.91. The fourth-order valence-electron chi connectivity index (χ4n) is 3.04. The van der Waals surface area contributed by atoms with Gasteiger partial charge in [0.25, 0.3) is 0 Å². The van der Waals surface area contributed by atoms with Gasteiger partial charge >= 0.3 is 0 Å². The van der Waals surface area contributed by atoms with Crippen molar-refractivity contribution >= 4 is 5.91 Å². The molecular weight excluding hydrogens is 238 g/mol. The van der Waals surface area contributed by atoms with E-state index in [0.29, 0.717) is 5.92 Å². The first-order valence-electron chi connectivity index (χ1n) is 7.46. The average Bonchev–Trinajstić information content (AvgIpc) is 2.34. The van der Waals surface area contributed by atoms with Gasteiger partial charge in [-0.3, -0.25) is 4.79 Å². The summed E-state index contributed by atoms with van der Waals surface area (Å²) in [6, 6.07) is 0. The molecule has 4 nitrogen and oxygen atoms in total.